The number of hydrogen-bond acceptors (Lipinski definition) is 4. The number of likely N-dealkylation sites (N-methyl/N-ethyl adjacent to an activating group) is 1. The monoisotopic (exact) mass is 449 g/mol. The van der Waals surface area contributed by atoms with E-state index in [0.29, 0.717) is 25.6 Å². The van der Waals surface area contributed by atoms with Gasteiger partial charge in [-0.1, -0.05) is 30.3 Å². The van der Waals surface area contributed by atoms with Gasteiger partial charge in [0, 0.05) is 55.9 Å². The molecular formula is C27H35N3O3. The van der Waals surface area contributed by atoms with Gasteiger partial charge in [-0.15, -0.1) is 0 Å². The maximum absolute atomic E-state index is 12.3. The first-order valence-electron chi connectivity index (χ1n) is 12.0. The second kappa shape index (κ2) is 11.9. The molecule has 0 bridgehead atoms. The fourth-order valence-electron chi connectivity index (χ4n) is 4.43. The number of aromatic amines is 1. The predicted molar refractivity (Wildman–Crippen MR) is 131 cm³/mol. The Kier molecular flexibility index (Phi) is 8.39. The molecule has 3 aromatic rings. The summed E-state index contributed by atoms with van der Waals surface area (Å²) in [7, 11) is 2.16. The highest BCUT2D eigenvalue weighted by atomic mass is 16.5. The van der Waals surface area contributed by atoms with Gasteiger partial charge in [0.05, 0.1) is 0 Å². The van der Waals surface area contributed by atoms with Crippen LogP contribution >= 0.6 is 0 Å². The molecule has 1 amide bonds. The zero-order valence-electron chi connectivity index (χ0n) is 19.5. The van der Waals surface area contributed by atoms with Crippen molar-refractivity contribution in [3.05, 3.63) is 65.9 Å². The molecule has 0 radical (unpaired) electrons. The topological polar surface area (TPSA) is 66.6 Å². The van der Waals surface area contributed by atoms with Crippen LogP contribution in [0.4, 0.5) is 0 Å². The van der Waals surface area contributed by atoms with Gasteiger partial charge < -0.3 is 19.8 Å². The molecule has 0 spiro atoms. The van der Waals surface area contributed by atoms with Crippen LogP contribution in [-0.4, -0.2) is 55.2 Å². The van der Waals surface area contributed by atoms with Crippen LogP contribution in [0, 0.1) is 0 Å². The Bertz CT molecular complexity index is 1030. The Morgan fingerprint density at radius 2 is 2.03 bits per heavy atom. The summed E-state index contributed by atoms with van der Waals surface area (Å²) >= 11 is 0. The van der Waals surface area contributed by atoms with Crippen LogP contribution in [-0.2, 0) is 22.5 Å². The summed E-state index contributed by atoms with van der Waals surface area (Å²) in [5, 5.41) is 4.28. The third kappa shape index (κ3) is 6.83. The van der Waals surface area contributed by atoms with Gasteiger partial charge in [-0.05, 0) is 62.1 Å². The molecule has 0 atom stereocenters. The van der Waals surface area contributed by atoms with Crippen molar-refractivity contribution in [2.75, 3.05) is 33.4 Å². The van der Waals surface area contributed by atoms with E-state index in [1.807, 2.05) is 30.3 Å². The van der Waals surface area contributed by atoms with Gasteiger partial charge in [0.2, 0.25) is 5.91 Å². The third-order valence-corrected chi connectivity index (χ3v) is 6.44. The van der Waals surface area contributed by atoms with Crippen LogP contribution in [0.2, 0.25) is 0 Å². The fraction of sp³-hybridized carbons (Fsp3) is 0.444. The zero-order valence-corrected chi connectivity index (χ0v) is 19.5. The van der Waals surface area contributed by atoms with Gasteiger partial charge in [-0.2, -0.15) is 0 Å². The van der Waals surface area contributed by atoms with Crippen LogP contribution < -0.4 is 10.1 Å². The summed E-state index contributed by atoms with van der Waals surface area (Å²) in [5.74, 6) is 0.931. The largest absolute Gasteiger partial charge is 0.492 e. The van der Waals surface area contributed by atoms with Crippen molar-refractivity contribution in [3.8, 4) is 5.75 Å². The molecule has 2 N–H and O–H groups in total. The molecule has 2 aromatic carbocycles. The Morgan fingerprint density at radius 1 is 1.18 bits per heavy atom. The van der Waals surface area contributed by atoms with E-state index in [2.05, 4.69) is 46.6 Å². The number of nitrogens with one attached hydrogen (secondary N) is 2. The van der Waals surface area contributed by atoms with E-state index in [1.165, 1.54) is 10.9 Å². The molecule has 4 rings (SSSR count). The number of aromatic nitrogens is 1. The van der Waals surface area contributed by atoms with Crippen LogP contribution in [0.15, 0.2) is 54.7 Å². The van der Waals surface area contributed by atoms with Crippen molar-refractivity contribution < 1.29 is 14.3 Å². The number of carbonyl (C=O) groups excluding carboxylic acids is 1. The number of H-pyrrole nitrogens is 1. The Hall–Kier alpha value is -2.83. The molecule has 1 aliphatic heterocycles. The van der Waals surface area contributed by atoms with Gasteiger partial charge in [-0.3, -0.25) is 9.69 Å². The lowest BCUT2D eigenvalue weighted by atomic mass is 10.1. The second-order valence-electron chi connectivity index (χ2n) is 8.81. The van der Waals surface area contributed by atoms with Gasteiger partial charge in [0.25, 0.3) is 0 Å². The van der Waals surface area contributed by atoms with Crippen molar-refractivity contribution in [3.63, 3.8) is 0 Å². The van der Waals surface area contributed by atoms with Crippen LogP contribution in [0.5, 0.6) is 5.75 Å². The van der Waals surface area contributed by atoms with Gasteiger partial charge >= 0.3 is 0 Å². The summed E-state index contributed by atoms with van der Waals surface area (Å²) in [5.41, 5.74) is 3.47. The van der Waals surface area contributed by atoms with Crippen LogP contribution in [0.3, 0.4) is 0 Å². The molecular weight excluding hydrogens is 414 g/mol. The fourth-order valence-corrected chi connectivity index (χ4v) is 4.43. The second-order valence-corrected chi connectivity index (χ2v) is 8.81. The van der Waals surface area contributed by atoms with Crippen molar-refractivity contribution >= 4 is 16.8 Å². The molecule has 6 heteroatoms. The van der Waals surface area contributed by atoms with Crippen LogP contribution in [0.25, 0.3) is 10.9 Å². The molecule has 1 aromatic heterocycles. The van der Waals surface area contributed by atoms with Crippen molar-refractivity contribution in [2.45, 2.75) is 44.7 Å². The average molecular weight is 450 g/mol. The number of aryl methyl sites for hydroxylation is 1. The highest BCUT2D eigenvalue weighted by Crippen LogP contribution is 2.19. The summed E-state index contributed by atoms with van der Waals surface area (Å²) < 4.78 is 11.4. The first-order valence-corrected chi connectivity index (χ1v) is 12.0. The number of rotatable bonds is 11. The van der Waals surface area contributed by atoms with E-state index in [-0.39, 0.29) is 5.91 Å². The maximum Gasteiger partial charge on any atom is 0.220 e. The lowest BCUT2D eigenvalue weighted by Crippen LogP contribution is -2.38. The number of para-hydroxylation sites is 1. The standard InChI is InChI=1S/C27H35N3O3/c1-30(23-12-15-32-16-13-23)14-17-33-24-8-4-6-21(18-24)19-29-27(31)11-5-7-22-20-28-26-10-3-2-9-25(22)26/h2-4,6,8-10,18,20,23,28H,5,7,11-17,19H2,1H3,(H,29,31). The predicted octanol–water partition coefficient (Wildman–Crippen LogP) is 4.30. The zero-order chi connectivity index (χ0) is 22.9. The lowest BCUT2D eigenvalue weighted by molar-refractivity contribution is -0.121. The number of benzene rings is 2. The first kappa shape index (κ1) is 23.3. The number of carbonyl (C=O) groups is 1. The molecule has 6 nitrogen and oxygen atoms in total. The normalized spacial score (nSPS) is 14.6. The minimum Gasteiger partial charge on any atom is -0.492 e. The van der Waals surface area contributed by atoms with Gasteiger partial charge in [0.1, 0.15) is 12.4 Å². The molecule has 1 aliphatic rings. The SMILES string of the molecule is CN(CCOc1cccc(CNC(=O)CCCc2c[nH]c3ccccc23)c1)C1CCOCC1. The molecule has 0 unspecified atom stereocenters. The molecule has 1 saturated heterocycles. The summed E-state index contributed by atoms with van der Waals surface area (Å²) in [6.07, 6.45) is 6.48. The van der Waals surface area contributed by atoms with E-state index in [0.717, 1.165) is 62.3 Å². The number of nitrogens with zero attached hydrogens (tertiary/aromatic N) is 1. The van der Waals surface area contributed by atoms with Crippen molar-refractivity contribution in [2.24, 2.45) is 0 Å². The molecule has 176 valence electrons. The van der Waals surface area contributed by atoms with E-state index >= 15 is 0 Å². The average Bonchev–Trinajstić information content (AvgIpc) is 3.27. The van der Waals surface area contributed by atoms with Crippen LogP contribution in [0.1, 0.15) is 36.8 Å². The summed E-state index contributed by atoms with van der Waals surface area (Å²) in [6.45, 7) is 3.77. The molecule has 2 heterocycles. The lowest BCUT2D eigenvalue weighted by Gasteiger charge is -2.31. The minimum atomic E-state index is 0.0826. The highest BCUT2D eigenvalue weighted by Gasteiger charge is 2.18. The van der Waals surface area contributed by atoms with Gasteiger partial charge in [-0.25, -0.2) is 0 Å². The number of amides is 1. The Balaban J connectivity index is 1.15. The smallest absolute Gasteiger partial charge is 0.220 e. The minimum absolute atomic E-state index is 0.0826. The summed E-state index contributed by atoms with van der Waals surface area (Å²) in [6, 6.07) is 16.9. The van der Waals surface area contributed by atoms with E-state index < -0.39 is 0 Å². The van der Waals surface area contributed by atoms with Crippen molar-refractivity contribution in [1.29, 1.82) is 0 Å². The number of ether oxygens (including phenoxy) is 2. The highest BCUT2D eigenvalue weighted by molar-refractivity contribution is 5.83. The number of hydrogen-bond donors (Lipinski definition) is 2. The number of fused-ring (bicyclic) bond motifs is 1. The molecule has 1 fully saturated rings. The maximum atomic E-state index is 12.3. The Labute approximate surface area is 196 Å². The van der Waals surface area contributed by atoms with E-state index in [4.69, 9.17) is 9.47 Å². The molecule has 33 heavy (non-hydrogen) atoms. The summed E-state index contributed by atoms with van der Waals surface area (Å²) in [4.78, 5) is 18.0. The van der Waals surface area contributed by atoms with E-state index in [9.17, 15) is 4.79 Å². The van der Waals surface area contributed by atoms with Crippen molar-refractivity contribution in [1.82, 2.24) is 15.2 Å². The first-order chi connectivity index (χ1) is 16.2. The third-order valence-electron chi connectivity index (χ3n) is 6.44. The molecule has 0 saturated carbocycles. The Morgan fingerprint density at radius 3 is 2.91 bits per heavy atom. The quantitative estimate of drug-likeness (QED) is 0.458. The van der Waals surface area contributed by atoms with E-state index in [1.54, 1.807) is 0 Å². The van der Waals surface area contributed by atoms with Gasteiger partial charge in [0.15, 0.2) is 0 Å². The molecule has 0 aliphatic carbocycles.